The molecule has 1 heterocycles. The van der Waals surface area contributed by atoms with Crippen LogP contribution in [0.5, 0.6) is 0 Å². The zero-order valence-corrected chi connectivity index (χ0v) is 4.97. The normalized spacial score (nSPS) is 34.1. The first-order valence-corrected chi connectivity index (χ1v) is 3.12. The Morgan fingerprint density at radius 2 is 2.56 bits per heavy atom. The zero-order valence-electron chi connectivity index (χ0n) is 4.16. The number of carbonyl (C=O) groups excluding carboxylic acids is 1. The molecule has 2 atom stereocenters. The van der Waals surface area contributed by atoms with Gasteiger partial charge in [0.05, 0.1) is 0 Å². The van der Waals surface area contributed by atoms with Crippen LogP contribution in [0, 0.1) is 5.21 Å². The first-order chi connectivity index (χ1) is 4.22. The van der Waals surface area contributed by atoms with Crippen LogP contribution in [0.15, 0.2) is 4.40 Å². The highest BCUT2D eigenvalue weighted by Crippen LogP contribution is 1.72. The van der Waals surface area contributed by atoms with Crippen LogP contribution in [-0.4, -0.2) is 16.6 Å². The van der Waals surface area contributed by atoms with E-state index in [0.29, 0.717) is 0 Å². The molecule has 2 amide bonds. The number of rotatable bonds is 0. The third-order valence-corrected chi connectivity index (χ3v) is 1.49. The van der Waals surface area contributed by atoms with Gasteiger partial charge in [0.15, 0.2) is 0 Å². The smallest absolute Gasteiger partial charge is 0.435 e. The van der Waals surface area contributed by atoms with Crippen LogP contribution in [-0.2, 0) is 11.2 Å². The zero-order chi connectivity index (χ0) is 6.85. The summed E-state index contributed by atoms with van der Waals surface area (Å²) in [5.41, 5.74) is 0. The van der Waals surface area contributed by atoms with Crippen LogP contribution in [0.3, 0.4) is 0 Å². The van der Waals surface area contributed by atoms with Crippen molar-refractivity contribution in [2.45, 2.75) is 0 Å². The largest absolute Gasteiger partial charge is 0.609 e. The van der Waals surface area contributed by atoms with Gasteiger partial charge in [0.2, 0.25) is 0 Å². The number of hydrogen-bond donors (Lipinski definition) is 2. The van der Waals surface area contributed by atoms with Crippen molar-refractivity contribution in [3.8, 4) is 0 Å². The predicted octanol–water partition coefficient (Wildman–Crippen LogP) is -2.30. The van der Waals surface area contributed by atoms with Crippen molar-refractivity contribution >= 4 is 23.5 Å². The Hall–Kier alpha value is -0.790. The van der Waals surface area contributed by atoms with Crippen LogP contribution in [0.1, 0.15) is 0 Å². The van der Waals surface area contributed by atoms with E-state index >= 15 is 0 Å². The maximum atomic E-state index is 10.3. The molecule has 0 saturated heterocycles. The monoisotopic (exact) mass is 149 g/mol. The van der Waals surface area contributed by atoms with E-state index in [2.05, 4.69) is 4.40 Å². The average molecular weight is 149 g/mol. The van der Waals surface area contributed by atoms with Gasteiger partial charge in [-0.05, 0) is 0 Å². The first-order valence-electron chi connectivity index (χ1n) is 2.01. The number of quaternary nitrogens is 1. The number of carbonyl (C=O) groups is 1. The van der Waals surface area contributed by atoms with Gasteiger partial charge in [-0.1, -0.05) is 0 Å². The van der Waals surface area contributed by atoms with E-state index in [1.807, 2.05) is 5.32 Å². The number of amides is 2. The van der Waals surface area contributed by atoms with Gasteiger partial charge in [-0.3, -0.25) is 5.32 Å². The van der Waals surface area contributed by atoms with Crippen molar-refractivity contribution in [1.29, 1.82) is 0 Å². The number of urea groups is 1. The molecule has 6 nitrogen and oxygen atoms in total. The van der Waals surface area contributed by atoms with Crippen LogP contribution in [0.25, 0.3) is 0 Å². The van der Waals surface area contributed by atoms with Crippen molar-refractivity contribution < 1.29 is 13.5 Å². The lowest BCUT2D eigenvalue weighted by Crippen LogP contribution is -3.12. The van der Waals surface area contributed by atoms with Crippen LogP contribution in [0.2, 0.25) is 0 Å². The summed E-state index contributed by atoms with van der Waals surface area (Å²) in [6.45, 7) is 0. The predicted molar refractivity (Wildman–Crippen MR) is 29.5 cm³/mol. The molecule has 2 unspecified atom stereocenters. The lowest BCUT2D eigenvalue weighted by Gasteiger charge is -2.15. The van der Waals surface area contributed by atoms with E-state index in [0.717, 1.165) is 6.34 Å². The van der Waals surface area contributed by atoms with E-state index in [1.54, 1.807) is 0 Å². The first kappa shape index (κ1) is 6.33. The summed E-state index contributed by atoms with van der Waals surface area (Å²) in [7, 11) is 0. The maximum absolute atomic E-state index is 10.3. The molecule has 50 valence electrons. The molecular weight excluding hydrogens is 146 g/mol. The molecule has 0 fully saturated rings. The fourth-order valence-electron chi connectivity index (χ4n) is 0.319. The average Bonchev–Trinajstić information content (AvgIpc) is 1.83. The van der Waals surface area contributed by atoms with Crippen molar-refractivity contribution in [2.24, 2.45) is 4.40 Å². The summed E-state index contributed by atoms with van der Waals surface area (Å²) in [5.74, 6) is 0. The minimum Gasteiger partial charge on any atom is -0.609 e. The van der Waals surface area contributed by atoms with Crippen LogP contribution >= 0.6 is 0 Å². The van der Waals surface area contributed by atoms with Gasteiger partial charge in [0.1, 0.15) is 6.34 Å². The number of nitrogens with one attached hydrogen (secondary N) is 2. The fraction of sp³-hybridized carbons (Fsp3) is 0. The summed E-state index contributed by atoms with van der Waals surface area (Å²) in [6.07, 6.45) is 0.944. The van der Waals surface area contributed by atoms with Gasteiger partial charge in [-0.25, -0.2) is 4.79 Å². The van der Waals surface area contributed by atoms with Gasteiger partial charge in [-0.2, -0.15) is 8.68 Å². The molecule has 0 bridgehead atoms. The van der Waals surface area contributed by atoms with Crippen LogP contribution < -0.4 is 9.79 Å². The van der Waals surface area contributed by atoms with E-state index < -0.39 is 21.7 Å². The van der Waals surface area contributed by atoms with Gasteiger partial charge < -0.3 is 5.21 Å². The number of nitrogens with zero attached hydrogens (tertiary/aromatic N) is 1. The van der Waals surface area contributed by atoms with Crippen molar-refractivity contribution in [3.63, 3.8) is 0 Å². The minimum absolute atomic E-state index is 0.872. The summed E-state index contributed by atoms with van der Waals surface area (Å²) in [6, 6.07) is -0.872. The molecular formula is C2H3N3O3S. The molecule has 2 N–H and O–H groups in total. The van der Waals surface area contributed by atoms with E-state index in [-0.39, 0.29) is 0 Å². The third kappa shape index (κ3) is 1.12. The molecule has 1 aliphatic rings. The summed E-state index contributed by atoms with van der Waals surface area (Å²) in [4.78, 5) is 10.3. The molecule has 0 aromatic rings. The highest BCUT2D eigenvalue weighted by Gasteiger charge is 2.19. The third-order valence-electron chi connectivity index (χ3n) is 0.688. The molecule has 0 aliphatic carbocycles. The minimum atomic E-state index is -2.00. The highest BCUT2D eigenvalue weighted by atomic mass is 32.2. The van der Waals surface area contributed by atoms with Gasteiger partial charge in [0, 0.05) is 0 Å². The molecule has 0 aromatic heterocycles. The summed E-state index contributed by atoms with van der Waals surface area (Å²) in [5, 5.41) is 12.3. The molecule has 0 saturated carbocycles. The van der Waals surface area contributed by atoms with E-state index in [1.165, 1.54) is 0 Å². The Morgan fingerprint density at radius 1 is 1.89 bits per heavy atom. The van der Waals surface area contributed by atoms with Gasteiger partial charge in [0.25, 0.3) is 0 Å². The highest BCUT2D eigenvalue weighted by molar-refractivity contribution is 7.77. The molecule has 0 aromatic carbocycles. The van der Waals surface area contributed by atoms with E-state index in [4.69, 9.17) is 0 Å². The maximum Gasteiger partial charge on any atom is 0.435 e. The van der Waals surface area contributed by atoms with E-state index in [9.17, 15) is 14.2 Å². The number of hydroxylamine groups is 1. The summed E-state index contributed by atoms with van der Waals surface area (Å²) >= 11 is -2.00. The van der Waals surface area contributed by atoms with Crippen molar-refractivity contribution in [2.75, 3.05) is 0 Å². The van der Waals surface area contributed by atoms with Gasteiger partial charge in [-0.15, -0.1) is 4.40 Å². The fourth-order valence-corrected chi connectivity index (χ4v) is 0.781. The second-order valence-corrected chi connectivity index (χ2v) is 2.32. The summed E-state index contributed by atoms with van der Waals surface area (Å²) < 4.78 is 12.4. The Bertz CT molecular complexity index is 189. The standard InChI is InChI=1S/C2H3N3O3S/c6-2-3-1-4-9(8)5(2)7/h1,5H,(H,3,4,6). The van der Waals surface area contributed by atoms with Crippen molar-refractivity contribution in [3.05, 3.63) is 5.21 Å². The second-order valence-electron chi connectivity index (χ2n) is 1.24. The molecule has 0 spiro atoms. The lowest BCUT2D eigenvalue weighted by atomic mass is 11.0. The van der Waals surface area contributed by atoms with Crippen molar-refractivity contribution in [1.82, 2.24) is 5.32 Å². The Balaban J connectivity index is 2.81. The Kier molecular flexibility index (Phi) is 1.56. The Morgan fingerprint density at radius 3 is 3.00 bits per heavy atom. The topological polar surface area (TPSA) is 86.0 Å². The molecule has 1 rings (SSSR count). The lowest BCUT2D eigenvalue weighted by molar-refractivity contribution is -0.602. The quantitative estimate of drug-likeness (QED) is 0.380. The SMILES string of the molecule is O=C1NC=NS(=O)[NH+]1[O-]. The second kappa shape index (κ2) is 2.21. The molecule has 9 heavy (non-hydrogen) atoms. The van der Waals surface area contributed by atoms with Gasteiger partial charge >= 0.3 is 17.2 Å². The number of hydrogen-bond acceptors (Lipinski definition) is 3. The Labute approximate surface area is 52.9 Å². The van der Waals surface area contributed by atoms with Crippen LogP contribution in [0.4, 0.5) is 4.79 Å². The molecule has 0 radical (unpaired) electrons. The molecule has 1 aliphatic heterocycles. The molecule has 7 heteroatoms.